The van der Waals surface area contributed by atoms with Crippen LogP contribution in [0.2, 0.25) is 0 Å². The lowest BCUT2D eigenvalue weighted by Crippen LogP contribution is -1.96. The summed E-state index contributed by atoms with van der Waals surface area (Å²) in [5.74, 6) is 0.480. The number of allylic oxidation sites excluding steroid dienone is 1. The highest BCUT2D eigenvalue weighted by Gasteiger charge is 2.36. The molecule has 0 radical (unpaired) electrons. The molecule has 0 saturated heterocycles. The van der Waals surface area contributed by atoms with Gasteiger partial charge in [-0.15, -0.1) is 5.11 Å². The van der Waals surface area contributed by atoms with Crippen LogP contribution >= 0.6 is 0 Å². The molecule has 1 heterocycles. The van der Waals surface area contributed by atoms with Crippen LogP contribution < -0.4 is 0 Å². The summed E-state index contributed by atoms with van der Waals surface area (Å²) in [4.78, 5) is 0. The van der Waals surface area contributed by atoms with Crippen LogP contribution in [-0.4, -0.2) is 0 Å². The Bertz CT molecular complexity index is 962. The van der Waals surface area contributed by atoms with Gasteiger partial charge in [0.15, 0.2) is 0 Å². The smallest absolute Gasteiger partial charge is 0.103 e. The van der Waals surface area contributed by atoms with Gasteiger partial charge in [-0.1, -0.05) is 50.8 Å². The second kappa shape index (κ2) is 4.76. The van der Waals surface area contributed by atoms with E-state index in [1.54, 1.807) is 0 Å². The van der Waals surface area contributed by atoms with Crippen molar-refractivity contribution in [3.63, 3.8) is 0 Å². The SMILES string of the molecule is C=C1CCc2c1ccc1c2-c2c(ccc3c2N=NC3=C)C1CCC. The van der Waals surface area contributed by atoms with Crippen LogP contribution in [0.3, 0.4) is 0 Å². The highest BCUT2D eigenvalue weighted by molar-refractivity contribution is 5.97. The maximum absolute atomic E-state index is 4.49. The van der Waals surface area contributed by atoms with E-state index >= 15 is 0 Å². The van der Waals surface area contributed by atoms with Gasteiger partial charge in [0.05, 0.1) is 5.70 Å². The van der Waals surface area contributed by atoms with Gasteiger partial charge in [0.1, 0.15) is 5.69 Å². The van der Waals surface area contributed by atoms with Gasteiger partial charge in [0.25, 0.3) is 0 Å². The Labute approximate surface area is 142 Å². The Morgan fingerprint density at radius 1 is 0.958 bits per heavy atom. The zero-order valence-corrected chi connectivity index (χ0v) is 14.0. The van der Waals surface area contributed by atoms with Crippen molar-refractivity contribution >= 4 is 17.0 Å². The monoisotopic (exact) mass is 312 g/mol. The van der Waals surface area contributed by atoms with E-state index in [9.17, 15) is 0 Å². The fraction of sp³-hybridized carbons (Fsp3) is 0.273. The van der Waals surface area contributed by atoms with Crippen molar-refractivity contribution in [2.75, 3.05) is 0 Å². The molecule has 0 bridgehead atoms. The van der Waals surface area contributed by atoms with Gasteiger partial charge in [-0.2, -0.15) is 5.11 Å². The molecule has 2 nitrogen and oxygen atoms in total. The minimum atomic E-state index is 0.480. The summed E-state index contributed by atoms with van der Waals surface area (Å²) in [5, 5.41) is 8.74. The molecule has 0 fully saturated rings. The molecule has 1 aliphatic heterocycles. The zero-order chi connectivity index (χ0) is 16.4. The average molecular weight is 312 g/mol. The van der Waals surface area contributed by atoms with Crippen LogP contribution in [-0.2, 0) is 6.42 Å². The molecule has 0 spiro atoms. The Balaban J connectivity index is 1.87. The van der Waals surface area contributed by atoms with E-state index in [4.69, 9.17) is 0 Å². The predicted molar refractivity (Wildman–Crippen MR) is 99.5 cm³/mol. The van der Waals surface area contributed by atoms with E-state index in [-0.39, 0.29) is 0 Å². The van der Waals surface area contributed by atoms with Gasteiger partial charge < -0.3 is 0 Å². The molecule has 24 heavy (non-hydrogen) atoms. The Hall–Kier alpha value is -2.48. The number of nitrogens with zero attached hydrogens (tertiary/aromatic N) is 2. The fourth-order valence-electron chi connectivity index (χ4n) is 4.68. The van der Waals surface area contributed by atoms with Crippen molar-refractivity contribution in [3.05, 3.63) is 65.2 Å². The second-order valence-corrected chi connectivity index (χ2v) is 7.07. The van der Waals surface area contributed by atoms with Crippen LogP contribution in [0, 0.1) is 0 Å². The van der Waals surface area contributed by atoms with Crippen molar-refractivity contribution in [2.45, 2.75) is 38.5 Å². The van der Waals surface area contributed by atoms with E-state index < -0.39 is 0 Å². The first-order valence-corrected chi connectivity index (χ1v) is 8.83. The molecule has 0 N–H and O–H groups in total. The zero-order valence-electron chi connectivity index (χ0n) is 14.0. The quantitative estimate of drug-likeness (QED) is 0.595. The third kappa shape index (κ3) is 1.61. The van der Waals surface area contributed by atoms with Gasteiger partial charge in [-0.25, -0.2) is 0 Å². The van der Waals surface area contributed by atoms with E-state index in [1.807, 2.05) is 0 Å². The number of hydrogen-bond acceptors (Lipinski definition) is 2. The van der Waals surface area contributed by atoms with Crippen molar-refractivity contribution in [1.82, 2.24) is 0 Å². The van der Waals surface area contributed by atoms with E-state index in [1.165, 1.54) is 51.8 Å². The van der Waals surface area contributed by atoms with Gasteiger partial charge in [-0.05, 0) is 52.7 Å². The first kappa shape index (κ1) is 13.9. The summed E-state index contributed by atoms with van der Waals surface area (Å²) in [5.41, 5.74) is 12.6. The summed E-state index contributed by atoms with van der Waals surface area (Å²) >= 11 is 0. The predicted octanol–water partition coefficient (Wildman–Crippen LogP) is 6.63. The van der Waals surface area contributed by atoms with Crippen LogP contribution in [0.5, 0.6) is 0 Å². The summed E-state index contributed by atoms with van der Waals surface area (Å²) in [7, 11) is 0. The minimum Gasteiger partial charge on any atom is -0.150 e. The van der Waals surface area contributed by atoms with Gasteiger partial charge in [0, 0.05) is 17.0 Å². The highest BCUT2D eigenvalue weighted by Crippen LogP contribution is 2.57. The van der Waals surface area contributed by atoms with Crippen molar-refractivity contribution < 1.29 is 0 Å². The molecule has 2 heteroatoms. The first-order chi connectivity index (χ1) is 11.7. The van der Waals surface area contributed by atoms with E-state index in [0.29, 0.717) is 5.92 Å². The molecule has 1 unspecified atom stereocenters. The van der Waals surface area contributed by atoms with Crippen LogP contribution in [0.25, 0.3) is 22.4 Å². The van der Waals surface area contributed by atoms with Crippen molar-refractivity contribution in [1.29, 1.82) is 0 Å². The summed E-state index contributed by atoms with van der Waals surface area (Å²) in [6.07, 6.45) is 4.52. The maximum Gasteiger partial charge on any atom is 0.103 e. The molecule has 2 aliphatic carbocycles. The Kier molecular flexibility index (Phi) is 2.76. The number of azo groups is 1. The lowest BCUT2D eigenvalue weighted by molar-refractivity contribution is 0.711. The molecule has 0 aromatic heterocycles. The molecule has 0 amide bonds. The van der Waals surface area contributed by atoms with Crippen LogP contribution in [0.4, 0.5) is 5.69 Å². The molecule has 2 aromatic carbocycles. The first-order valence-electron chi connectivity index (χ1n) is 8.83. The molecule has 5 rings (SSSR count). The highest BCUT2D eigenvalue weighted by atomic mass is 15.1. The number of fused-ring (bicyclic) bond motifs is 7. The molecule has 118 valence electrons. The van der Waals surface area contributed by atoms with Gasteiger partial charge in [-0.3, -0.25) is 0 Å². The van der Waals surface area contributed by atoms with Gasteiger partial charge >= 0.3 is 0 Å². The van der Waals surface area contributed by atoms with E-state index in [0.717, 1.165) is 29.8 Å². The lowest BCUT2D eigenvalue weighted by atomic mass is 9.91. The molecule has 0 saturated carbocycles. The Morgan fingerprint density at radius 2 is 1.71 bits per heavy atom. The third-order valence-electron chi connectivity index (χ3n) is 5.77. The van der Waals surface area contributed by atoms with Crippen LogP contribution in [0.15, 0.2) is 47.7 Å². The largest absolute Gasteiger partial charge is 0.150 e. The lowest BCUT2D eigenvalue weighted by Gasteiger charge is -2.13. The standard InChI is InChI=1S/C22H20N2/c1-4-5-16-18-10-8-14-12(2)6-7-17(14)20(18)21-19(16)11-9-15-13(3)23-24-22(15)21/h8-11,16H,2-7H2,1H3. The van der Waals surface area contributed by atoms with E-state index in [2.05, 4.69) is 54.6 Å². The molecular formula is C22H20N2. The average Bonchev–Trinajstić information content (AvgIpc) is 3.24. The number of benzene rings is 2. The molecule has 1 atom stereocenters. The van der Waals surface area contributed by atoms with Crippen molar-refractivity contribution in [2.24, 2.45) is 10.2 Å². The van der Waals surface area contributed by atoms with Crippen molar-refractivity contribution in [3.8, 4) is 11.1 Å². The summed E-state index contributed by atoms with van der Waals surface area (Å²) in [6.45, 7) is 10.6. The Morgan fingerprint density at radius 3 is 2.50 bits per heavy atom. The number of rotatable bonds is 2. The maximum atomic E-state index is 4.49. The summed E-state index contributed by atoms with van der Waals surface area (Å²) in [6, 6.07) is 9.06. The van der Waals surface area contributed by atoms with Gasteiger partial charge in [0.2, 0.25) is 0 Å². The summed E-state index contributed by atoms with van der Waals surface area (Å²) < 4.78 is 0. The topological polar surface area (TPSA) is 24.7 Å². The second-order valence-electron chi connectivity index (χ2n) is 7.07. The minimum absolute atomic E-state index is 0.480. The van der Waals surface area contributed by atoms with Crippen LogP contribution in [0.1, 0.15) is 59.9 Å². The third-order valence-corrected chi connectivity index (χ3v) is 5.77. The normalized spacial score (nSPS) is 19.5. The fourth-order valence-corrected chi connectivity index (χ4v) is 4.68. The molecule has 2 aromatic rings. The molecule has 3 aliphatic rings. The molecular weight excluding hydrogens is 292 g/mol. The number of hydrogen-bond donors (Lipinski definition) is 0.